The van der Waals surface area contributed by atoms with Crippen LogP contribution in [0.4, 0.5) is 21.2 Å². The molecule has 352 valence electrons. The van der Waals surface area contributed by atoms with E-state index >= 15 is 0 Å². The summed E-state index contributed by atoms with van der Waals surface area (Å²) >= 11 is 12.6. The lowest BCUT2D eigenvalue weighted by Gasteiger charge is -2.31. The molecule has 0 spiro atoms. The van der Waals surface area contributed by atoms with E-state index < -0.39 is 54.5 Å². The van der Waals surface area contributed by atoms with Gasteiger partial charge in [-0.15, -0.1) is 0 Å². The van der Waals surface area contributed by atoms with Crippen molar-refractivity contribution in [1.82, 2.24) is 39.5 Å². The molecule has 2 aliphatic carbocycles. The number of aliphatic hydroxyl groups is 3. The average Bonchev–Trinajstić information content (AvgIpc) is 4.08. The molecule has 2 saturated heterocycles. The monoisotopic (exact) mass is 932 g/mol. The number of hydrogen-bond donors (Lipinski definition) is 3. The van der Waals surface area contributed by atoms with Gasteiger partial charge in [-0.25, -0.2) is 19.0 Å². The summed E-state index contributed by atoms with van der Waals surface area (Å²) in [7, 11) is 0. The fourth-order valence-electron chi connectivity index (χ4n) is 9.13. The molecule has 2 amide bonds. The predicted octanol–water partition coefficient (Wildman–Crippen LogP) is 7.52. The molecule has 21 heteroatoms. The van der Waals surface area contributed by atoms with Crippen molar-refractivity contribution in [2.24, 2.45) is 11.8 Å². The first kappa shape index (κ1) is 48.0. The van der Waals surface area contributed by atoms with Crippen molar-refractivity contribution in [3.05, 3.63) is 23.0 Å². The standard InChI is InChI=1S/C23H34ClN5O3.C20H28ClN5O6/c1-7-17-13(2)14(3)20(31-17)29-19-16(12-25-29)18(26-21(24)27-19)28(15-10-8-9-11-15)22(30)32-23(4,5)6;1-20(2,3)32-19(30)25(10-6-4-5-7-10)15-11-8-22-26(16(11)24-18(21)23-15)17-14(29)13(28)12(9-27)31-17/h12-15,17,20H,7-11H2,1-6H3;8,10,12-14,17,27-29H,4-7,9H2,1-3H3/t13-,14+,17+,20+;12-,13-,14-,17-/m01/s1. The molecule has 4 aromatic heterocycles. The SMILES string of the molecule is CC(C)(C)OC(=O)N(c1nc(Cl)nc2c1cnn2[C@@H]1O[C@H](CO)[C@@H](O)[C@H]1O)C1CCCC1.CC[C@H]1O[C@@H](n2ncc3c(N(C(=O)OC(C)(C)C)C4CCCC4)nc(Cl)nc32)[C@H](C)[C@@H]1C. The highest BCUT2D eigenvalue weighted by molar-refractivity contribution is 6.29. The summed E-state index contributed by atoms with van der Waals surface area (Å²) in [6, 6.07) is -0.107. The van der Waals surface area contributed by atoms with Crippen molar-refractivity contribution in [3.8, 4) is 0 Å². The summed E-state index contributed by atoms with van der Waals surface area (Å²) in [5.41, 5.74) is -0.522. The van der Waals surface area contributed by atoms with E-state index in [9.17, 15) is 24.9 Å². The van der Waals surface area contributed by atoms with Gasteiger partial charge in [0.2, 0.25) is 10.6 Å². The minimum atomic E-state index is -1.34. The zero-order chi connectivity index (χ0) is 46.4. The number of halogens is 2. The number of nitrogens with zero attached hydrogens (tertiary/aromatic N) is 10. The number of anilines is 2. The van der Waals surface area contributed by atoms with Gasteiger partial charge >= 0.3 is 12.2 Å². The number of hydrogen-bond acceptors (Lipinski definition) is 15. The van der Waals surface area contributed by atoms with E-state index in [-0.39, 0.29) is 52.4 Å². The van der Waals surface area contributed by atoms with Gasteiger partial charge in [0.15, 0.2) is 35.4 Å². The van der Waals surface area contributed by atoms with Gasteiger partial charge in [0.25, 0.3) is 0 Å². The molecule has 19 nitrogen and oxygen atoms in total. The second-order valence-corrected chi connectivity index (χ2v) is 20.0. The van der Waals surface area contributed by atoms with E-state index in [0.29, 0.717) is 28.2 Å². The van der Waals surface area contributed by atoms with Crippen LogP contribution in [-0.4, -0.2) is 121 Å². The number of rotatable bonds is 8. The normalized spacial score (nSPS) is 26.7. The molecular weight excluding hydrogens is 871 g/mol. The van der Waals surface area contributed by atoms with Crippen LogP contribution in [-0.2, 0) is 18.9 Å². The fraction of sp³-hybridized carbons (Fsp3) is 0.721. The molecule has 3 N–H and O–H groups in total. The van der Waals surface area contributed by atoms with Crippen LogP contribution in [0, 0.1) is 11.8 Å². The largest absolute Gasteiger partial charge is 0.443 e. The van der Waals surface area contributed by atoms with Crippen molar-refractivity contribution < 1.29 is 43.9 Å². The van der Waals surface area contributed by atoms with Crippen LogP contribution in [0.5, 0.6) is 0 Å². The third kappa shape index (κ3) is 9.90. The molecule has 0 bridgehead atoms. The molecule has 2 aliphatic heterocycles. The highest BCUT2D eigenvalue weighted by Crippen LogP contribution is 2.42. The zero-order valence-electron chi connectivity index (χ0n) is 38.0. The van der Waals surface area contributed by atoms with Gasteiger partial charge in [-0.3, -0.25) is 9.80 Å². The van der Waals surface area contributed by atoms with Gasteiger partial charge in [-0.1, -0.05) is 46.5 Å². The predicted molar refractivity (Wildman–Crippen MR) is 238 cm³/mol. The van der Waals surface area contributed by atoms with Gasteiger partial charge in [0, 0.05) is 18.0 Å². The smallest absolute Gasteiger partial charge is 0.416 e. The highest BCUT2D eigenvalue weighted by Gasteiger charge is 2.46. The Labute approximate surface area is 382 Å². The average molecular weight is 934 g/mol. The number of fused-ring (bicyclic) bond motifs is 2. The molecule has 4 aromatic rings. The summed E-state index contributed by atoms with van der Waals surface area (Å²) in [6.07, 6.45) is 5.86. The third-order valence-electron chi connectivity index (χ3n) is 12.4. The Morgan fingerprint density at radius 1 is 0.703 bits per heavy atom. The first-order valence-corrected chi connectivity index (χ1v) is 23.1. The van der Waals surface area contributed by atoms with Gasteiger partial charge in [0.1, 0.15) is 29.5 Å². The van der Waals surface area contributed by atoms with Crippen LogP contribution in [0.1, 0.15) is 133 Å². The van der Waals surface area contributed by atoms with Gasteiger partial charge < -0.3 is 34.3 Å². The Morgan fingerprint density at radius 3 is 1.50 bits per heavy atom. The Hall–Kier alpha value is -3.98. The molecule has 64 heavy (non-hydrogen) atoms. The topological polar surface area (TPSA) is 225 Å². The lowest BCUT2D eigenvalue weighted by atomic mass is 9.92. The molecule has 8 rings (SSSR count). The molecule has 0 unspecified atom stereocenters. The third-order valence-corrected chi connectivity index (χ3v) is 12.7. The maximum Gasteiger partial charge on any atom is 0.416 e. The minimum Gasteiger partial charge on any atom is -0.443 e. The minimum absolute atomic E-state index is 0.00788. The molecule has 2 saturated carbocycles. The number of ether oxygens (including phenoxy) is 4. The van der Waals surface area contributed by atoms with Crippen LogP contribution in [0.3, 0.4) is 0 Å². The summed E-state index contributed by atoms with van der Waals surface area (Å²) in [4.78, 5) is 47.2. The number of carbonyl (C=O) groups is 2. The van der Waals surface area contributed by atoms with Crippen LogP contribution >= 0.6 is 23.2 Å². The molecule has 8 atom stereocenters. The Bertz CT molecular complexity index is 2130. The van der Waals surface area contributed by atoms with Gasteiger partial charge in [-0.2, -0.15) is 30.1 Å². The summed E-state index contributed by atoms with van der Waals surface area (Å²) in [6.45, 7) is 17.0. The molecule has 0 radical (unpaired) electrons. The van der Waals surface area contributed by atoms with E-state index in [1.807, 2.05) is 20.8 Å². The van der Waals surface area contributed by atoms with Crippen molar-refractivity contribution in [3.63, 3.8) is 0 Å². The lowest BCUT2D eigenvalue weighted by molar-refractivity contribution is -0.0566. The number of aromatic nitrogens is 8. The fourth-order valence-corrected chi connectivity index (χ4v) is 9.45. The quantitative estimate of drug-likeness (QED) is 0.145. The summed E-state index contributed by atoms with van der Waals surface area (Å²) in [5, 5.41) is 39.9. The second kappa shape index (κ2) is 19.1. The van der Waals surface area contributed by atoms with Crippen molar-refractivity contribution in [1.29, 1.82) is 0 Å². The van der Waals surface area contributed by atoms with Crippen LogP contribution in [0.25, 0.3) is 22.1 Å². The van der Waals surface area contributed by atoms with E-state index in [2.05, 4.69) is 50.9 Å². The summed E-state index contributed by atoms with van der Waals surface area (Å²) in [5.74, 6) is 1.38. The van der Waals surface area contributed by atoms with E-state index in [1.165, 1.54) is 15.8 Å². The molecule has 6 heterocycles. The second-order valence-electron chi connectivity index (χ2n) is 19.3. The molecule has 0 aromatic carbocycles. The number of aliphatic hydroxyl groups excluding tert-OH is 3. The summed E-state index contributed by atoms with van der Waals surface area (Å²) < 4.78 is 26.4. The first-order chi connectivity index (χ1) is 30.2. The van der Waals surface area contributed by atoms with E-state index in [4.69, 9.17) is 42.1 Å². The maximum atomic E-state index is 13.3. The molecule has 4 aliphatic rings. The van der Waals surface area contributed by atoms with Gasteiger partial charge in [0.05, 0.1) is 35.9 Å². The van der Waals surface area contributed by atoms with E-state index in [0.717, 1.165) is 57.8 Å². The Morgan fingerprint density at radius 2 is 1.12 bits per heavy atom. The number of amides is 2. The van der Waals surface area contributed by atoms with Crippen LogP contribution < -0.4 is 9.80 Å². The van der Waals surface area contributed by atoms with Crippen LogP contribution in [0.15, 0.2) is 12.4 Å². The van der Waals surface area contributed by atoms with Crippen molar-refractivity contribution in [2.75, 3.05) is 16.4 Å². The van der Waals surface area contributed by atoms with Crippen molar-refractivity contribution in [2.45, 2.75) is 180 Å². The van der Waals surface area contributed by atoms with Gasteiger partial charge in [-0.05, 0) is 103 Å². The molecular formula is C43H62Cl2N10O9. The highest BCUT2D eigenvalue weighted by atomic mass is 35.5. The molecule has 4 fully saturated rings. The Balaban J connectivity index is 0.000000191. The zero-order valence-corrected chi connectivity index (χ0v) is 39.5. The van der Waals surface area contributed by atoms with Crippen LogP contribution in [0.2, 0.25) is 10.6 Å². The Kier molecular flexibility index (Phi) is 14.3. The lowest BCUT2D eigenvalue weighted by Crippen LogP contribution is -2.43. The van der Waals surface area contributed by atoms with E-state index in [1.54, 1.807) is 36.5 Å². The maximum absolute atomic E-state index is 13.3. The van der Waals surface area contributed by atoms with Crippen molar-refractivity contribution >= 4 is 69.1 Å². The number of carbonyl (C=O) groups excluding carboxylic acids is 2. The first-order valence-electron chi connectivity index (χ1n) is 22.3.